The number of aryl methyl sites for hydroxylation is 1. The van der Waals surface area contributed by atoms with Crippen LogP contribution < -0.4 is 10.5 Å². The van der Waals surface area contributed by atoms with Crippen LogP contribution in [-0.4, -0.2) is 50.4 Å². The first kappa shape index (κ1) is 20.5. The molecule has 4 aromatic rings. The van der Waals surface area contributed by atoms with Gasteiger partial charge in [0.25, 0.3) is 5.56 Å². The monoisotopic (exact) mass is 454 g/mol. The van der Waals surface area contributed by atoms with Gasteiger partial charge >= 0.3 is 0 Å². The number of hydrogen-bond acceptors (Lipinski definition) is 8. The van der Waals surface area contributed by atoms with E-state index in [9.17, 15) is 4.79 Å². The second-order valence-electron chi connectivity index (χ2n) is 8.54. The molecule has 0 radical (unpaired) electrons. The maximum atomic E-state index is 12.3. The van der Waals surface area contributed by atoms with E-state index in [0.29, 0.717) is 12.5 Å². The van der Waals surface area contributed by atoms with E-state index in [1.54, 1.807) is 28.0 Å². The van der Waals surface area contributed by atoms with Crippen molar-refractivity contribution in [2.75, 3.05) is 31.1 Å². The molecule has 1 aliphatic heterocycles. The Morgan fingerprint density at radius 2 is 1.90 bits per heavy atom. The highest BCUT2D eigenvalue weighted by Crippen LogP contribution is 2.34. The fourth-order valence-electron chi connectivity index (χ4n) is 4.22. The molecule has 9 heteroatoms. The van der Waals surface area contributed by atoms with Crippen LogP contribution in [0.2, 0.25) is 0 Å². The minimum Gasteiger partial charge on any atom is -0.353 e. The minimum absolute atomic E-state index is 0.00567. The van der Waals surface area contributed by atoms with Crippen molar-refractivity contribution in [1.29, 1.82) is 0 Å². The van der Waals surface area contributed by atoms with Gasteiger partial charge in [-0.15, -0.1) is 22.7 Å². The number of nitrogens with zero attached hydrogens (tertiary/aromatic N) is 6. The lowest BCUT2D eigenvalue weighted by atomic mass is 10.0. The number of thiophene rings is 1. The minimum atomic E-state index is -0.00567. The Bertz CT molecular complexity index is 1280. The van der Waals surface area contributed by atoms with E-state index in [1.165, 1.54) is 22.3 Å². The number of rotatable bonds is 5. The third-order valence-corrected chi connectivity index (χ3v) is 7.32. The third-order valence-electron chi connectivity index (χ3n) is 5.64. The van der Waals surface area contributed by atoms with Gasteiger partial charge in [0.1, 0.15) is 16.5 Å². The van der Waals surface area contributed by atoms with Crippen LogP contribution in [0.5, 0.6) is 0 Å². The largest absolute Gasteiger partial charge is 0.353 e. The molecule has 0 spiro atoms. The molecule has 0 aliphatic carbocycles. The Balaban J connectivity index is 1.34. The Kier molecular flexibility index (Phi) is 5.49. The van der Waals surface area contributed by atoms with Gasteiger partial charge in [-0.3, -0.25) is 14.1 Å². The second-order valence-corrected chi connectivity index (χ2v) is 10.3. The lowest BCUT2D eigenvalue weighted by Gasteiger charge is -2.35. The first-order valence-corrected chi connectivity index (χ1v) is 12.4. The van der Waals surface area contributed by atoms with Crippen molar-refractivity contribution in [3.05, 3.63) is 50.5 Å². The standard InChI is InChI=1S/C22H26N6OS2/c1-14(2)10-16-13-31-21-19(16)20(23-15(3)24-21)27-6-4-26(5-7-27)12-17-11-18(29)28-8-9-30-22(28)25-17/h8-9,11,13-14H,4-7,10,12H2,1-3H3. The number of anilines is 1. The van der Waals surface area contributed by atoms with Crippen LogP contribution in [0.4, 0.5) is 5.82 Å². The first-order valence-electron chi connectivity index (χ1n) is 10.7. The number of aromatic nitrogens is 4. The number of fused-ring (bicyclic) bond motifs is 2. The lowest BCUT2D eigenvalue weighted by molar-refractivity contribution is 0.247. The summed E-state index contributed by atoms with van der Waals surface area (Å²) < 4.78 is 1.60. The fraction of sp³-hybridized carbons (Fsp3) is 0.455. The molecule has 7 nitrogen and oxygen atoms in total. The normalized spacial score (nSPS) is 15.5. The van der Waals surface area contributed by atoms with Gasteiger partial charge in [-0.05, 0) is 30.2 Å². The predicted molar refractivity (Wildman–Crippen MR) is 128 cm³/mol. The summed E-state index contributed by atoms with van der Waals surface area (Å²) in [6.07, 6.45) is 2.83. The van der Waals surface area contributed by atoms with Crippen LogP contribution in [0.15, 0.2) is 27.8 Å². The van der Waals surface area contributed by atoms with Crippen LogP contribution in [0, 0.1) is 12.8 Å². The molecular weight excluding hydrogens is 428 g/mol. The number of hydrogen-bond donors (Lipinski definition) is 0. The van der Waals surface area contributed by atoms with Crippen molar-refractivity contribution in [3.63, 3.8) is 0 Å². The van der Waals surface area contributed by atoms with Crippen LogP contribution in [0.25, 0.3) is 15.2 Å². The van der Waals surface area contributed by atoms with Gasteiger partial charge in [0, 0.05) is 50.4 Å². The summed E-state index contributed by atoms with van der Waals surface area (Å²) in [4.78, 5) is 33.1. The van der Waals surface area contributed by atoms with E-state index in [4.69, 9.17) is 9.97 Å². The summed E-state index contributed by atoms with van der Waals surface area (Å²) >= 11 is 3.22. The summed E-state index contributed by atoms with van der Waals surface area (Å²) in [5, 5.41) is 5.38. The van der Waals surface area contributed by atoms with E-state index in [0.717, 1.165) is 59.7 Å². The molecule has 1 fully saturated rings. The molecule has 1 saturated heterocycles. The summed E-state index contributed by atoms with van der Waals surface area (Å²) in [5.41, 5.74) is 2.20. The maximum absolute atomic E-state index is 12.3. The quantitative estimate of drug-likeness (QED) is 0.459. The van der Waals surface area contributed by atoms with Gasteiger partial charge in [-0.25, -0.2) is 15.0 Å². The molecule has 1 aliphatic rings. The second kappa shape index (κ2) is 8.29. The molecule has 0 unspecified atom stereocenters. The molecule has 0 atom stereocenters. The highest BCUT2D eigenvalue weighted by molar-refractivity contribution is 7.17. The zero-order valence-corrected chi connectivity index (χ0v) is 19.7. The Labute approximate surface area is 189 Å². The molecule has 0 saturated carbocycles. The van der Waals surface area contributed by atoms with E-state index < -0.39 is 0 Å². The molecule has 4 aromatic heterocycles. The fourth-order valence-corrected chi connectivity index (χ4v) is 5.95. The topological polar surface area (TPSA) is 66.6 Å². The van der Waals surface area contributed by atoms with Gasteiger partial charge in [0.15, 0.2) is 4.96 Å². The molecule has 5 rings (SSSR count). The van der Waals surface area contributed by atoms with Gasteiger partial charge in [0.2, 0.25) is 0 Å². The van der Waals surface area contributed by atoms with Gasteiger partial charge < -0.3 is 4.90 Å². The predicted octanol–water partition coefficient (Wildman–Crippen LogP) is 3.59. The van der Waals surface area contributed by atoms with Gasteiger partial charge in [-0.2, -0.15) is 0 Å². The number of thiazole rings is 1. The van der Waals surface area contributed by atoms with Crippen molar-refractivity contribution in [2.45, 2.75) is 33.7 Å². The Morgan fingerprint density at radius 3 is 2.68 bits per heavy atom. The highest BCUT2D eigenvalue weighted by atomic mass is 32.1. The summed E-state index contributed by atoms with van der Waals surface area (Å²) in [6.45, 7) is 10.8. The Morgan fingerprint density at radius 1 is 1.10 bits per heavy atom. The van der Waals surface area contributed by atoms with Crippen molar-refractivity contribution in [1.82, 2.24) is 24.3 Å². The lowest BCUT2D eigenvalue weighted by Crippen LogP contribution is -2.46. The molecule has 31 heavy (non-hydrogen) atoms. The average Bonchev–Trinajstić information content (AvgIpc) is 3.35. The molecule has 162 valence electrons. The van der Waals surface area contributed by atoms with Gasteiger partial charge in [0.05, 0.1) is 11.1 Å². The van der Waals surface area contributed by atoms with Crippen molar-refractivity contribution < 1.29 is 0 Å². The average molecular weight is 455 g/mol. The molecule has 5 heterocycles. The summed E-state index contributed by atoms with van der Waals surface area (Å²) in [5.74, 6) is 2.51. The highest BCUT2D eigenvalue weighted by Gasteiger charge is 2.23. The summed E-state index contributed by atoms with van der Waals surface area (Å²) in [6, 6.07) is 1.66. The maximum Gasteiger partial charge on any atom is 0.258 e. The Hall–Kier alpha value is -2.36. The van der Waals surface area contributed by atoms with Gasteiger partial charge in [-0.1, -0.05) is 13.8 Å². The number of piperazine rings is 1. The molecule has 0 aromatic carbocycles. The van der Waals surface area contributed by atoms with Crippen LogP contribution in [0.1, 0.15) is 30.9 Å². The molecule has 0 amide bonds. The first-order chi connectivity index (χ1) is 15.0. The summed E-state index contributed by atoms with van der Waals surface area (Å²) in [7, 11) is 0. The molecule has 0 bridgehead atoms. The zero-order valence-electron chi connectivity index (χ0n) is 18.0. The smallest absolute Gasteiger partial charge is 0.258 e. The van der Waals surface area contributed by atoms with Crippen LogP contribution >= 0.6 is 22.7 Å². The van der Waals surface area contributed by atoms with Crippen molar-refractivity contribution >= 4 is 43.7 Å². The van der Waals surface area contributed by atoms with E-state index in [1.807, 2.05) is 12.3 Å². The van der Waals surface area contributed by atoms with E-state index in [2.05, 4.69) is 34.0 Å². The van der Waals surface area contributed by atoms with Crippen molar-refractivity contribution in [3.8, 4) is 0 Å². The third kappa shape index (κ3) is 4.09. The van der Waals surface area contributed by atoms with E-state index in [-0.39, 0.29) is 5.56 Å². The van der Waals surface area contributed by atoms with E-state index >= 15 is 0 Å². The molecule has 0 N–H and O–H groups in total. The zero-order chi connectivity index (χ0) is 21.5. The molecular formula is C22H26N6OS2. The van der Waals surface area contributed by atoms with Crippen LogP contribution in [-0.2, 0) is 13.0 Å². The van der Waals surface area contributed by atoms with Crippen molar-refractivity contribution in [2.24, 2.45) is 5.92 Å². The SMILES string of the molecule is Cc1nc(N2CCN(Cc3cc(=O)n4ccsc4n3)CC2)c2c(CC(C)C)csc2n1. The van der Waals surface area contributed by atoms with Crippen LogP contribution in [0.3, 0.4) is 0 Å².